The summed E-state index contributed by atoms with van der Waals surface area (Å²) in [6, 6.07) is 8.51. The predicted octanol–water partition coefficient (Wildman–Crippen LogP) is 3.31. The maximum Gasteiger partial charge on any atom is 0.0205 e. The fourth-order valence-electron chi connectivity index (χ4n) is 1.58. The molecule has 1 aromatic carbocycles. The van der Waals surface area contributed by atoms with E-state index in [2.05, 4.69) is 64.2 Å². The zero-order chi connectivity index (χ0) is 13.8. The van der Waals surface area contributed by atoms with Crippen LogP contribution in [-0.4, -0.2) is 6.54 Å². The van der Waals surface area contributed by atoms with Crippen molar-refractivity contribution in [2.45, 2.75) is 47.7 Å². The third kappa shape index (κ3) is 4.11. The highest BCUT2D eigenvalue weighted by atomic mass is 14.9. The molecule has 0 radical (unpaired) electrons. The number of nitrogens with two attached hydrogens (primary N) is 1. The lowest BCUT2D eigenvalue weighted by Crippen LogP contribution is -2.39. The fraction of sp³-hybridized carbons (Fsp3) is 0.625. The SMILES string of the molecule is CC(C)(C)C(C)(C)CNCc1ccc(CN)cc1. The lowest BCUT2D eigenvalue weighted by atomic mass is 9.69. The van der Waals surface area contributed by atoms with Crippen LogP contribution in [0.3, 0.4) is 0 Å². The quantitative estimate of drug-likeness (QED) is 0.839. The van der Waals surface area contributed by atoms with E-state index in [1.807, 2.05) is 0 Å². The first kappa shape index (κ1) is 15.2. The third-order valence-corrected chi connectivity index (χ3v) is 4.19. The summed E-state index contributed by atoms with van der Waals surface area (Å²) in [6.45, 7) is 14.1. The minimum Gasteiger partial charge on any atom is -0.326 e. The van der Waals surface area contributed by atoms with E-state index in [4.69, 9.17) is 5.73 Å². The van der Waals surface area contributed by atoms with Gasteiger partial charge in [-0.25, -0.2) is 0 Å². The van der Waals surface area contributed by atoms with Crippen molar-refractivity contribution < 1.29 is 0 Å². The van der Waals surface area contributed by atoms with E-state index in [-0.39, 0.29) is 5.41 Å². The highest BCUT2D eigenvalue weighted by Gasteiger charge is 2.31. The maximum atomic E-state index is 5.59. The van der Waals surface area contributed by atoms with Crippen LogP contribution in [0.5, 0.6) is 0 Å². The number of hydrogen-bond acceptors (Lipinski definition) is 2. The molecule has 0 unspecified atom stereocenters. The van der Waals surface area contributed by atoms with Crippen molar-refractivity contribution >= 4 is 0 Å². The van der Waals surface area contributed by atoms with E-state index in [1.54, 1.807) is 0 Å². The Morgan fingerprint density at radius 3 is 1.89 bits per heavy atom. The monoisotopic (exact) mass is 248 g/mol. The number of nitrogens with one attached hydrogen (secondary N) is 1. The Balaban J connectivity index is 2.46. The van der Waals surface area contributed by atoms with Gasteiger partial charge in [-0.05, 0) is 22.0 Å². The van der Waals surface area contributed by atoms with Gasteiger partial charge in [0.15, 0.2) is 0 Å². The van der Waals surface area contributed by atoms with Crippen LogP contribution in [-0.2, 0) is 13.1 Å². The minimum absolute atomic E-state index is 0.282. The molecule has 3 N–H and O–H groups in total. The molecule has 2 nitrogen and oxygen atoms in total. The van der Waals surface area contributed by atoms with Gasteiger partial charge >= 0.3 is 0 Å². The molecule has 0 bridgehead atoms. The molecule has 0 aliphatic rings. The van der Waals surface area contributed by atoms with Gasteiger partial charge in [0, 0.05) is 19.6 Å². The van der Waals surface area contributed by atoms with Gasteiger partial charge in [-0.1, -0.05) is 58.9 Å². The highest BCUT2D eigenvalue weighted by molar-refractivity contribution is 5.22. The molecule has 0 amide bonds. The molecule has 2 heteroatoms. The zero-order valence-corrected chi connectivity index (χ0v) is 12.5. The van der Waals surface area contributed by atoms with E-state index in [1.165, 1.54) is 11.1 Å². The molecular formula is C16H28N2. The normalized spacial score (nSPS) is 12.8. The third-order valence-electron chi connectivity index (χ3n) is 4.19. The molecule has 1 rings (SSSR count). The van der Waals surface area contributed by atoms with Crippen LogP contribution in [0.25, 0.3) is 0 Å². The molecule has 102 valence electrons. The van der Waals surface area contributed by atoms with Crippen molar-refractivity contribution in [3.63, 3.8) is 0 Å². The van der Waals surface area contributed by atoms with Crippen LogP contribution in [0.1, 0.15) is 45.7 Å². The first-order valence-corrected chi connectivity index (χ1v) is 6.75. The topological polar surface area (TPSA) is 38.0 Å². The Labute approximate surface area is 112 Å². The average molecular weight is 248 g/mol. The molecular weight excluding hydrogens is 220 g/mol. The van der Waals surface area contributed by atoms with Gasteiger partial charge in [0.2, 0.25) is 0 Å². The van der Waals surface area contributed by atoms with Gasteiger partial charge in [0.05, 0.1) is 0 Å². The number of hydrogen-bond donors (Lipinski definition) is 2. The lowest BCUT2D eigenvalue weighted by molar-refractivity contribution is 0.129. The van der Waals surface area contributed by atoms with Gasteiger partial charge in [-0.2, -0.15) is 0 Å². The molecule has 0 spiro atoms. The van der Waals surface area contributed by atoms with Crippen molar-refractivity contribution in [3.8, 4) is 0 Å². The Hall–Kier alpha value is -0.860. The molecule has 0 atom stereocenters. The summed E-state index contributed by atoms with van der Waals surface area (Å²) in [4.78, 5) is 0. The van der Waals surface area contributed by atoms with Gasteiger partial charge in [0.1, 0.15) is 0 Å². The Bertz CT molecular complexity index is 358. The van der Waals surface area contributed by atoms with Gasteiger partial charge in [-0.3, -0.25) is 0 Å². The van der Waals surface area contributed by atoms with Gasteiger partial charge in [0.25, 0.3) is 0 Å². The van der Waals surface area contributed by atoms with Crippen molar-refractivity contribution in [3.05, 3.63) is 35.4 Å². The van der Waals surface area contributed by atoms with Crippen LogP contribution >= 0.6 is 0 Å². The van der Waals surface area contributed by atoms with Crippen LogP contribution < -0.4 is 11.1 Å². The molecule has 0 aliphatic carbocycles. The Morgan fingerprint density at radius 2 is 1.44 bits per heavy atom. The second kappa shape index (κ2) is 5.85. The number of rotatable bonds is 5. The summed E-state index contributed by atoms with van der Waals surface area (Å²) >= 11 is 0. The molecule has 0 fully saturated rings. The fourth-order valence-corrected chi connectivity index (χ4v) is 1.58. The van der Waals surface area contributed by atoms with Gasteiger partial charge < -0.3 is 11.1 Å². The summed E-state index contributed by atoms with van der Waals surface area (Å²) in [7, 11) is 0. The Kier molecular flexibility index (Phi) is 4.94. The molecule has 0 heterocycles. The molecule has 0 aliphatic heterocycles. The molecule has 1 aromatic rings. The van der Waals surface area contributed by atoms with Crippen molar-refractivity contribution in [1.29, 1.82) is 0 Å². The first-order chi connectivity index (χ1) is 8.26. The second-order valence-corrected chi connectivity index (χ2v) is 6.76. The maximum absolute atomic E-state index is 5.59. The zero-order valence-electron chi connectivity index (χ0n) is 12.5. The molecule has 18 heavy (non-hydrogen) atoms. The highest BCUT2D eigenvalue weighted by Crippen LogP contribution is 2.36. The van der Waals surface area contributed by atoms with E-state index in [0.29, 0.717) is 12.0 Å². The van der Waals surface area contributed by atoms with Crippen LogP contribution in [0.15, 0.2) is 24.3 Å². The summed E-state index contributed by atoms with van der Waals surface area (Å²) < 4.78 is 0. The average Bonchev–Trinajstić information content (AvgIpc) is 2.28. The Morgan fingerprint density at radius 1 is 0.944 bits per heavy atom. The van der Waals surface area contributed by atoms with E-state index in [0.717, 1.165) is 13.1 Å². The predicted molar refractivity (Wildman–Crippen MR) is 79.3 cm³/mol. The van der Waals surface area contributed by atoms with E-state index < -0.39 is 0 Å². The summed E-state index contributed by atoms with van der Waals surface area (Å²) in [5.41, 5.74) is 8.69. The van der Waals surface area contributed by atoms with Crippen LogP contribution in [0.4, 0.5) is 0 Å². The standard InChI is InChI=1S/C16H28N2/c1-15(2,3)16(4,5)12-18-11-14-8-6-13(10-17)7-9-14/h6-9,18H,10-12,17H2,1-5H3. The van der Waals surface area contributed by atoms with Crippen LogP contribution in [0.2, 0.25) is 0 Å². The summed E-state index contributed by atoms with van der Waals surface area (Å²) in [6.07, 6.45) is 0. The van der Waals surface area contributed by atoms with E-state index in [9.17, 15) is 0 Å². The molecule has 0 saturated carbocycles. The summed E-state index contributed by atoms with van der Waals surface area (Å²) in [5, 5.41) is 3.55. The number of benzene rings is 1. The van der Waals surface area contributed by atoms with Crippen molar-refractivity contribution in [2.24, 2.45) is 16.6 Å². The van der Waals surface area contributed by atoms with Crippen molar-refractivity contribution in [2.75, 3.05) is 6.54 Å². The van der Waals surface area contributed by atoms with Crippen LogP contribution in [0, 0.1) is 10.8 Å². The summed E-state index contributed by atoms with van der Waals surface area (Å²) in [5.74, 6) is 0. The molecule has 0 saturated heterocycles. The first-order valence-electron chi connectivity index (χ1n) is 6.75. The van der Waals surface area contributed by atoms with Crippen molar-refractivity contribution in [1.82, 2.24) is 5.32 Å². The lowest BCUT2D eigenvalue weighted by Gasteiger charge is -2.39. The van der Waals surface area contributed by atoms with E-state index >= 15 is 0 Å². The molecule has 0 aromatic heterocycles. The smallest absolute Gasteiger partial charge is 0.0205 e. The van der Waals surface area contributed by atoms with Gasteiger partial charge in [-0.15, -0.1) is 0 Å². The second-order valence-electron chi connectivity index (χ2n) is 6.76. The largest absolute Gasteiger partial charge is 0.326 e. The minimum atomic E-state index is 0.282.